The Morgan fingerprint density at radius 2 is 1.86 bits per heavy atom. The molecule has 1 aromatic heterocycles. The fourth-order valence-corrected chi connectivity index (χ4v) is 3.21. The van der Waals surface area contributed by atoms with Crippen LogP contribution >= 0.6 is 23.2 Å². The molecule has 21 heavy (non-hydrogen) atoms. The lowest BCUT2D eigenvalue weighted by atomic mass is 10.2. The maximum Gasteiger partial charge on any atom is 0.262 e. The average Bonchev–Trinajstić information content (AvgIpc) is 2.44. The lowest BCUT2D eigenvalue weighted by Gasteiger charge is -2.11. The minimum absolute atomic E-state index is 0.0783. The standard InChI is InChI=1S/C13H13Cl2N3O2S/c1-8-5-11(15)12(7-10(8)14)18-21(19,20)9-3-4-17-13(6-9)16-2/h3-7,18H,1-2H3,(H,16,17). The molecular weight excluding hydrogens is 333 g/mol. The molecule has 0 bridgehead atoms. The molecule has 0 saturated carbocycles. The highest BCUT2D eigenvalue weighted by Crippen LogP contribution is 2.30. The normalized spacial score (nSPS) is 11.2. The monoisotopic (exact) mass is 345 g/mol. The van der Waals surface area contributed by atoms with Crippen LogP contribution in [0.15, 0.2) is 35.4 Å². The van der Waals surface area contributed by atoms with E-state index in [1.165, 1.54) is 24.4 Å². The van der Waals surface area contributed by atoms with Gasteiger partial charge >= 0.3 is 0 Å². The van der Waals surface area contributed by atoms with E-state index < -0.39 is 10.0 Å². The quantitative estimate of drug-likeness (QED) is 0.888. The molecule has 0 aliphatic rings. The van der Waals surface area contributed by atoms with Crippen LogP contribution in [-0.4, -0.2) is 20.4 Å². The number of pyridine rings is 1. The number of benzene rings is 1. The minimum atomic E-state index is -3.77. The lowest BCUT2D eigenvalue weighted by Crippen LogP contribution is -2.14. The molecule has 1 heterocycles. The van der Waals surface area contributed by atoms with Gasteiger partial charge in [-0.25, -0.2) is 13.4 Å². The summed E-state index contributed by atoms with van der Waals surface area (Å²) in [6.45, 7) is 1.79. The largest absolute Gasteiger partial charge is 0.373 e. The van der Waals surface area contributed by atoms with E-state index >= 15 is 0 Å². The molecule has 2 aromatic rings. The van der Waals surface area contributed by atoms with Crippen LogP contribution in [0.3, 0.4) is 0 Å². The molecule has 8 heteroatoms. The number of nitrogens with one attached hydrogen (secondary N) is 2. The van der Waals surface area contributed by atoms with E-state index in [0.29, 0.717) is 10.8 Å². The van der Waals surface area contributed by atoms with Gasteiger partial charge in [-0.05, 0) is 30.7 Å². The van der Waals surface area contributed by atoms with Crippen molar-refractivity contribution >= 4 is 44.7 Å². The number of hydrogen-bond donors (Lipinski definition) is 2. The highest BCUT2D eigenvalue weighted by Gasteiger charge is 2.17. The fourth-order valence-electron chi connectivity index (χ4n) is 1.64. The maximum absolute atomic E-state index is 12.3. The van der Waals surface area contributed by atoms with Crippen LogP contribution in [-0.2, 0) is 10.0 Å². The summed E-state index contributed by atoms with van der Waals surface area (Å²) in [5.74, 6) is 0.450. The number of aryl methyl sites for hydroxylation is 1. The minimum Gasteiger partial charge on any atom is -0.373 e. The number of halogens is 2. The third-order valence-electron chi connectivity index (χ3n) is 2.79. The van der Waals surface area contributed by atoms with Crippen LogP contribution in [0.25, 0.3) is 0 Å². The molecule has 0 saturated heterocycles. The smallest absolute Gasteiger partial charge is 0.262 e. The van der Waals surface area contributed by atoms with Gasteiger partial charge in [-0.3, -0.25) is 4.72 Å². The van der Waals surface area contributed by atoms with E-state index in [-0.39, 0.29) is 15.6 Å². The van der Waals surface area contributed by atoms with E-state index in [1.807, 2.05) is 0 Å². The number of nitrogens with zero attached hydrogens (tertiary/aromatic N) is 1. The first-order chi connectivity index (χ1) is 9.83. The molecule has 0 radical (unpaired) electrons. The molecule has 112 valence electrons. The topological polar surface area (TPSA) is 71.1 Å². The van der Waals surface area contributed by atoms with E-state index in [9.17, 15) is 8.42 Å². The third kappa shape index (κ3) is 3.58. The van der Waals surface area contributed by atoms with Gasteiger partial charge in [0.25, 0.3) is 10.0 Å². The van der Waals surface area contributed by atoms with Crippen molar-refractivity contribution in [1.29, 1.82) is 0 Å². The summed E-state index contributed by atoms with van der Waals surface area (Å²) in [4.78, 5) is 4.05. The second-order valence-corrected chi connectivity index (χ2v) is 6.81. The first-order valence-electron chi connectivity index (χ1n) is 5.96. The molecule has 0 aliphatic carbocycles. The zero-order valence-corrected chi connectivity index (χ0v) is 13.6. The van der Waals surface area contributed by atoms with Crippen LogP contribution in [0.5, 0.6) is 0 Å². The summed E-state index contributed by atoms with van der Waals surface area (Å²) in [7, 11) is -2.12. The Hall–Kier alpha value is -1.50. The zero-order valence-electron chi connectivity index (χ0n) is 11.3. The fraction of sp³-hybridized carbons (Fsp3) is 0.154. The first kappa shape index (κ1) is 15.9. The van der Waals surface area contributed by atoms with E-state index in [1.54, 1.807) is 20.0 Å². The van der Waals surface area contributed by atoms with Crippen molar-refractivity contribution in [3.8, 4) is 0 Å². The molecule has 0 unspecified atom stereocenters. The van der Waals surface area contributed by atoms with Gasteiger partial charge in [0.05, 0.1) is 15.6 Å². The summed E-state index contributed by atoms with van der Waals surface area (Å²) in [6, 6.07) is 5.91. The summed E-state index contributed by atoms with van der Waals surface area (Å²) in [5.41, 5.74) is 1.00. The van der Waals surface area contributed by atoms with Crippen LogP contribution in [0, 0.1) is 6.92 Å². The van der Waals surface area contributed by atoms with Crippen molar-refractivity contribution < 1.29 is 8.42 Å². The second kappa shape index (κ2) is 6.09. The molecule has 0 spiro atoms. The Morgan fingerprint density at radius 1 is 1.14 bits per heavy atom. The van der Waals surface area contributed by atoms with Gasteiger partial charge in [0.2, 0.25) is 0 Å². The number of hydrogen-bond acceptors (Lipinski definition) is 4. The van der Waals surface area contributed by atoms with Gasteiger partial charge in [0.1, 0.15) is 5.82 Å². The molecule has 2 rings (SSSR count). The maximum atomic E-state index is 12.3. The number of sulfonamides is 1. The summed E-state index contributed by atoms with van der Waals surface area (Å²) < 4.78 is 27.1. The third-order valence-corrected chi connectivity index (χ3v) is 4.87. The van der Waals surface area contributed by atoms with Crippen LogP contribution in [0.2, 0.25) is 10.0 Å². The molecular formula is C13H13Cl2N3O2S. The number of anilines is 2. The summed E-state index contributed by atoms with van der Waals surface area (Å²) in [6.07, 6.45) is 1.41. The second-order valence-electron chi connectivity index (χ2n) is 4.31. The van der Waals surface area contributed by atoms with Crippen LogP contribution in [0.4, 0.5) is 11.5 Å². The molecule has 2 N–H and O–H groups in total. The van der Waals surface area contributed by atoms with Gasteiger partial charge in [-0.15, -0.1) is 0 Å². The van der Waals surface area contributed by atoms with Gasteiger partial charge < -0.3 is 5.32 Å². The first-order valence-corrected chi connectivity index (χ1v) is 8.19. The summed E-state index contributed by atoms with van der Waals surface area (Å²) >= 11 is 12.0. The molecule has 0 aliphatic heterocycles. The van der Waals surface area contributed by atoms with Gasteiger partial charge in [-0.2, -0.15) is 0 Å². The average molecular weight is 346 g/mol. The molecule has 0 amide bonds. The Morgan fingerprint density at radius 3 is 2.52 bits per heavy atom. The predicted molar refractivity (Wildman–Crippen MR) is 85.8 cm³/mol. The number of rotatable bonds is 4. The van der Waals surface area contributed by atoms with Gasteiger partial charge in [0, 0.05) is 24.3 Å². The van der Waals surface area contributed by atoms with Gasteiger partial charge in [-0.1, -0.05) is 23.2 Å². The molecule has 0 atom stereocenters. The lowest BCUT2D eigenvalue weighted by molar-refractivity contribution is 0.601. The van der Waals surface area contributed by atoms with Crippen molar-refractivity contribution in [3.63, 3.8) is 0 Å². The van der Waals surface area contributed by atoms with Gasteiger partial charge in [0.15, 0.2) is 0 Å². The van der Waals surface area contributed by atoms with Crippen molar-refractivity contribution in [1.82, 2.24) is 4.98 Å². The zero-order chi connectivity index (χ0) is 15.6. The van der Waals surface area contributed by atoms with Crippen molar-refractivity contribution in [2.75, 3.05) is 17.1 Å². The SMILES string of the molecule is CNc1cc(S(=O)(=O)Nc2cc(Cl)c(C)cc2Cl)ccn1. The highest BCUT2D eigenvalue weighted by atomic mass is 35.5. The van der Waals surface area contributed by atoms with Crippen molar-refractivity contribution in [3.05, 3.63) is 46.1 Å². The molecule has 0 fully saturated rings. The highest BCUT2D eigenvalue weighted by molar-refractivity contribution is 7.92. The van der Waals surface area contributed by atoms with Crippen molar-refractivity contribution in [2.24, 2.45) is 0 Å². The Labute approximate surface area is 133 Å². The van der Waals surface area contributed by atoms with E-state index in [4.69, 9.17) is 23.2 Å². The Balaban J connectivity index is 2.39. The summed E-state index contributed by atoms with van der Waals surface area (Å²) in [5, 5.41) is 3.49. The van der Waals surface area contributed by atoms with Crippen LogP contribution in [0.1, 0.15) is 5.56 Å². The van der Waals surface area contributed by atoms with E-state index in [2.05, 4.69) is 15.0 Å². The predicted octanol–water partition coefficient (Wildman–Crippen LogP) is 3.54. The van der Waals surface area contributed by atoms with E-state index in [0.717, 1.165) is 5.56 Å². The van der Waals surface area contributed by atoms with Crippen molar-refractivity contribution in [2.45, 2.75) is 11.8 Å². The van der Waals surface area contributed by atoms with Crippen LogP contribution < -0.4 is 10.0 Å². The Bertz CT molecular complexity index is 779. The Kier molecular flexibility index (Phi) is 4.61. The number of aromatic nitrogens is 1. The molecule has 1 aromatic carbocycles. The molecule has 5 nitrogen and oxygen atoms in total.